The molecule has 2 aromatic carbocycles. The van der Waals surface area contributed by atoms with E-state index in [-0.39, 0.29) is 5.89 Å². The average Bonchev–Trinajstić information content (AvgIpc) is 3.08. The van der Waals surface area contributed by atoms with Gasteiger partial charge in [-0.05, 0) is 35.9 Å². The molecule has 3 rings (SSSR count). The van der Waals surface area contributed by atoms with E-state index >= 15 is 0 Å². The highest BCUT2D eigenvalue weighted by Gasteiger charge is 2.14. The van der Waals surface area contributed by atoms with Crippen molar-refractivity contribution in [3.63, 3.8) is 0 Å². The van der Waals surface area contributed by atoms with Gasteiger partial charge >= 0.3 is 11.9 Å². The molecule has 130 valence electrons. The summed E-state index contributed by atoms with van der Waals surface area (Å²) >= 11 is 0. The smallest absolute Gasteiger partial charge is 0.394 e. The van der Waals surface area contributed by atoms with E-state index in [4.69, 9.17) is 13.9 Å². The highest BCUT2D eigenvalue weighted by atomic mass is 16.5. The number of carbonyl (C=O) groups excluding carboxylic acids is 1. The van der Waals surface area contributed by atoms with Gasteiger partial charge in [0, 0.05) is 12.2 Å². The van der Waals surface area contributed by atoms with Crippen molar-refractivity contribution in [3.8, 4) is 11.5 Å². The highest BCUT2D eigenvalue weighted by molar-refractivity contribution is 5.88. The maximum Gasteiger partial charge on any atom is 0.394 e. The van der Waals surface area contributed by atoms with Crippen LogP contribution in [0.15, 0.2) is 40.8 Å². The third-order valence-electron chi connectivity index (χ3n) is 3.69. The van der Waals surface area contributed by atoms with Crippen LogP contribution in [0, 0.1) is 0 Å². The average molecular weight is 342 g/mol. The maximum absolute atomic E-state index is 11.5. The van der Waals surface area contributed by atoms with Gasteiger partial charge in [-0.2, -0.15) is 0 Å². The lowest BCUT2D eigenvalue weighted by atomic mass is 10.2. The van der Waals surface area contributed by atoms with Crippen LogP contribution < -0.4 is 14.8 Å². The number of oxazole rings is 1. The molecule has 0 aliphatic carbocycles. The summed E-state index contributed by atoms with van der Waals surface area (Å²) in [4.78, 5) is 15.6. The monoisotopic (exact) mass is 342 g/mol. The number of carbonyl (C=O) groups is 1. The Balaban J connectivity index is 1.76. The van der Waals surface area contributed by atoms with Gasteiger partial charge in [0.25, 0.3) is 0 Å². The Bertz CT molecular complexity index is 904. The van der Waals surface area contributed by atoms with Crippen LogP contribution in [0.25, 0.3) is 11.1 Å². The van der Waals surface area contributed by atoms with Crippen molar-refractivity contribution in [2.75, 3.05) is 26.6 Å². The summed E-state index contributed by atoms with van der Waals surface area (Å²) in [6.45, 7) is 0.591. The first-order valence-corrected chi connectivity index (χ1v) is 7.58. The minimum Gasteiger partial charge on any atom is -0.493 e. The molecule has 0 fully saturated rings. The van der Waals surface area contributed by atoms with E-state index in [1.54, 1.807) is 20.3 Å². The second-order valence-corrected chi connectivity index (χ2v) is 5.24. The van der Waals surface area contributed by atoms with Crippen molar-refractivity contribution in [1.29, 1.82) is 0 Å². The molecular weight excluding hydrogens is 324 g/mol. The molecule has 0 atom stereocenters. The first kappa shape index (κ1) is 16.6. The van der Waals surface area contributed by atoms with Crippen molar-refractivity contribution in [3.05, 3.63) is 47.9 Å². The van der Waals surface area contributed by atoms with E-state index in [1.807, 2.05) is 30.3 Å². The molecule has 1 aromatic heterocycles. The van der Waals surface area contributed by atoms with Gasteiger partial charge in [0.05, 0.1) is 21.3 Å². The zero-order chi connectivity index (χ0) is 17.8. The minimum atomic E-state index is -0.601. The lowest BCUT2D eigenvalue weighted by Crippen LogP contribution is -2.01. The fourth-order valence-corrected chi connectivity index (χ4v) is 2.41. The van der Waals surface area contributed by atoms with Crippen molar-refractivity contribution in [1.82, 2.24) is 4.98 Å². The van der Waals surface area contributed by atoms with E-state index in [0.29, 0.717) is 29.1 Å². The number of anilines is 1. The van der Waals surface area contributed by atoms with E-state index < -0.39 is 5.97 Å². The largest absolute Gasteiger partial charge is 0.493 e. The second kappa shape index (κ2) is 7.12. The first-order valence-electron chi connectivity index (χ1n) is 7.58. The van der Waals surface area contributed by atoms with Crippen LogP contribution in [0.5, 0.6) is 11.5 Å². The number of aromatic nitrogens is 1. The molecule has 25 heavy (non-hydrogen) atoms. The minimum absolute atomic E-state index is 0.0606. The molecule has 0 saturated heterocycles. The Hall–Kier alpha value is -3.22. The summed E-state index contributed by atoms with van der Waals surface area (Å²) in [5.41, 5.74) is 3.00. The Morgan fingerprint density at radius 1 is 1.08 bits per heavy atom. The number of methoxy groups -OCH3 is 3. The third-order valence-corrected chi connectivity index (χ3v) is 3.69. The van der Waals surface area contributed by atoms with Gasteiger partial charge in [0.2, 0.25) is 0 Å². The van der Waals surface area contributed by atoms with Crippen LogP contribution in [-0.4, -0.2) is 32.3 Å². The summed E-state index contributed by atoms with van der Waals surface area (Å²) in [5, 5.41) is 3.30. The number of rotatable bonds is 6. The number of ether oxygens (including phenoxy) is 3. The predicted octanol–water partition coefficient (Wildman–Crippen LogP) is 3.24. The van der Waals surface area contributed by atoms with Gasteiger partial charge in [0.15, 0.2) is 17.1 Å². The normalized spacial score (nSPS) is 10.5. The quantitative estimate of drug-likeness (QED) is 0.689. The zero-order valence-corrected chi connectivity index (χ0v) is 14.2. The Labute approximate surface area is 144 Å². The van der Waals surface area contributed by atoms with E-state index in [2.05, 4.69) is 15.0 Å². The highest BCUT2D eigenvalue weighted by Crippen LogP contribution is 2.28. The molecule has 7 heteroatoms. The van der Waals surface area contributed by atoms with E-state index in [0.717, 1.165) is 11.3 Å². The van der Waals surface area contributed by atoms with Crippen molar-refractivity contribution < 1.29 is 23.4 Å². The molecule has 0 spiro atoms. The van der Waals surface area contributed by atoms with Crippen LogP contribution in [0.3, 0.4) is 0 Å². The van der Waals surface area contributed by atoms with E-state index in [9.17, 15) is 4.79 Å². The summed E-state index contributed by atoms with van der Waals surface area (Å²) in [6.07, 6.45) is 0. The SMILES string of the molecule is COC(=O)c1nc2cc(NCc3ccc(OC)c(OC)c3)ccc2o1. The van der Waals surface area contributed by atoms with Gasteiger partial charge in [0.1, 0.15) is 5.52 Å². The number of hydrogen-bond acceptors (Lipinski definition) is 7. The molecule has 0 unspecified atom stereocenters. The summed E-state index contributed by atoms with van der Waals surface area (Å²) in [5.74, 6) is 0.702. The van der Waals surface area contributed by atoms with Crippen LogP contribution in [0.4, 0.5) is 5.69 Å². The van der Waals surface area contributed by atoms with Gasteiger partial charge in [-0.15, -0.1) is 0 Å². The number of esters is 1. The van der Waals surface area contributed by atoms with Crippen molar-refractivity contribution in [2.24, 2.45) is 0 Å². The standard InChI is InChI=1S/C18H18N2O5/c1-22-15-6-4-11(8-16(15)23-2)10-19-12-5-7-14-13(9-12)20-17(25-14)18(21)24-3/h4-9,19H,10H2,1-3H3. The molecule has 1 heterocycles. The van der Waals surface area contributed by atoms with Gasteiger partial charge in [-0.1, -0.05) is 6.07 Å². The molecule has 0 bridgehead atoms. The number of fused-ring (bicyclic) bond motifs is 1. The lowest BCUT2D eigenvalue weighted by molar-refractivity contribution is 0.0558. The molecule has 1 N–H and O–H groups in total. The van der Waals surface area contributed by atoms with Gasteiger partial charge in [-0.25, -0.2) is 9.78 Å². The Morgan fingerprint density at radius 3 is 2.60 bits per heavy atom. The Morgan fingerprint density at radius 2 is 1.88 bits per heavy atom. The molecular formula is C18H18N2O5. The Kier molecular flexibility index (Phi) is 4.74. The number of benzene rings is 2. The lowest BCUT2D eigenvalue weighted by Gasteiger charge is -2.11. The molecule has 0 aliphatic rings. The number of hydrogen-bond donors (Lipinski definition) is 1. The second-order valence-electron chi connectivity index (χ2n) is 5.24. The van der Waals surface area contributed by atoms with Crippen LogP contribution >= 0.6 is 0 Å². The third kappa shape index (κ3) is 3.50. The number of nitrogens with zero attached hydrogens (tertiary/aromatic N) is 1. The topological polar surface area (TPSA) is 82.8 Å². The van der Waals surface area contributed by atoms with Gasteiger partial charge < -0.3 is 23.9 Å². The molecule has 3 aromatic rings. The molecule has 7 nitrogen and oxygen atoms in total. The molecule has 0 amide bonds. The maximum atomic E-state index is 11.5. The fraction of sp³-hybridized carbons (Fsp3) is 0.222. The van der Waals surface area contributed by atoms with Crippen LogP contribution in [0.1, 0.15) is 16.2 Å². The van der Waals surface area contributed by atoms with Crippen molar-refractivity contribution >= 4 is 22.8 Å². The fourth-order valence-electron chi connectivity index (χ4n) is 2.41. The van der Waals surface area contributed by atoms with Gasteiger partial charge in [-0.3, -0.25) is 0 Å². The summed E-state index contributed by atoms with van der Waals surface area (Å²) in [6, 6.07) is 11.2. The molecule has 0 saturated carbocycles. The summed E-state index contributed by atoms with van der Waals surface area (Å²) < 4.78 is 20.5. The number of nitrogens with one attached hydrogen (secondary N) is 1. The predicted molar refractivity (Wildman–Crippen MR) is 92.2 cm³/mol. The zero-order valence-electron chi connectivity index (χ0n) is 14.2. The van der Waals surface area contributed by atoms with Crippen LogP contribution in [0.2, 0.25) is 0 Å². The van der Waals surface area contributed by atoms with Crippen molar-refractivity contribution in [2.45, 2.75) is 6.54 Å². The molecule has 0 radical (unpaired) electrons. The van der Waals surface area contributed by atoms with E-state index in [1.165, 1.54) is 7.11 Å². The first-order chi connectivity index (χ1) is 12.1. The molecule has 0 aliphatic heterocycles. The van der Waals surface area contributed by atoms with Crippen LogP contribution in [-0.2, 0) is 11.3 Å². The summed E-state index contributed by atoms with van der Waals surface area (Å²) in [7, 11) is 4.49.